The average Bonchev–Trinajstić information content (AvgIpc) is 2.57. The number of nitrogens with one attached hydrogen (secondary N) is 1. The van der Waals surface area contributed by atoms with Gasteiger partial charge in [-0.05, 0) is 34.1 Å². The van der Waals surface area contributed by atoms with Crippen LogP contribution in [0.25, 0.3) is 0 Å². The molecule has 16 heavy (non-hydrogen) atoms. The molecule has 96 valence electrons. The number of hydrogen-bond acceptors (Lipinski definition) is 4. The predicted octanol–water partition coefficient (Wildman–Crippen LogP) is 1.54. The van der Waals surface area contributed by atoms with E-state index < -0.39 is 0 Å². The zero-order valence-corrected chi connectivity index (χ0v) is 10.9. The van der Waals surface area contributed by atoms with Crippen LogP contribution in [0.3, 0.4) is 0 Å². The molecule has 1 fully saturated rings. The first-order chi connectivity index (χ1) is 7.62. The van der Waals surface area contributed by atoms with Gasteiger partial charge in [-0.1, -0.05) is 0 Å². The van der Waals surface area contributed by atoms with Crippen LogP contribution in [0.1, 0.15) is 34.1 Å². The van der Waals surface area contributed by atoms with Gasteiger partial charge < -0.3 is 19.5 Å². The standard InChI is InChI=1S/C12H25NO3/c1-5-14-11(15-6-2)9-13-12(4)7-8-16-10(12)3/h10-11,13H,5-9H2,1-4H3. The second-order valence-electron chi connectivity index (χ2n) is 4.40. The van der Waals surface area contributed by atoms with Gasteiger partial charge in [0.25, 0.3) is 0 Å². The lowest BCUT2D eigenvalue weighted by molar-refractivity contribution is -0.136. The molecule has 1 rings (SSSR count). The van der Waals surface area contributed by atoms with E-state index in [0.29, 0.717) is 19.8 Å². The van der Waals surface area contributed by atoms with Crippen molar-refractivity contribution in [3.8, 4) is 0 Å². The first-order valence-corrected chi connectivity index (χ1v) is 6.22. The van der Waals surface area contributed by atoms with Gasteiger partial charge in [-0.3, -0.25) is 0 Å². The first kappa shape index (κ1) is 13.9. The molecule has 2 atom stereocenters. The summed E-state index contributed by atoms with van der Waals surface area (Å²) in [6, 6.07) is 0. The molecule has 4 nitrogen and oxygen atoms in total. The first-order valence-electron chi connectivity index (χ1n) is 6.22. The van der Waals surface area contributed by atoms with E-state index in [1.54, 1.807) is 0 Å². The van der Waals surface area contributed by atoms with Crippen LogP contribution in [-0.2, 0) is 14.2 Å². The Kier molecular flexibility index (Phi) is 5.69. The van der Waals surface area contributed by atoms with Crippen molar-refractivity contribution in [3.05, 3.63) is 0 Å². The second-order valence-corrected chi connectivity index (χ2v) is 4.40. The molecule has 2 unspecified atom stereocenters. The Labute approximate surface area is 98.6 Å². The molecule has 0 aliphatic carbocycles. The minimum Gasteiger partial charge on any atom is -0.377 e. The minimum absolute atomic E-state index is 0.0481. The maximum absolute atomic E-state index is 5.58. The summed E-state index contributed by atoms with van der Waals surface area (Å²) in [5, 5.41) is 3.50. The lowest BCUT2D eigenvalue weighted by Crippen LogP contribution is -2.51. The molecule has 1 saturated heterocycles. The van der Waals surface area contributed by atoms with Crippen molar-refractivity contribution in [2.75, 3.05) is 26.4 Å². The summed E-state index contributed by atoms with van der Waals surface area (Å²) in [6.07, 6.45) is 1.13. The summed E-state index contributed by atoms with van der Waals surface area (Å²) >= 11 is 0. The molecule has 0 saturated carbocycles. The fraction of sp³-hybridized carbons (Fsp3) is 1.00. The third-order valence-electron chi connectivity index (χ3n) is 3.26. The van der Waals surface area contributed by atoms with Gasteiger partial charge in [0.2, 0.25) is 0 Å². The van der Waals surface area contributed by atoms with Crippen LogP contribution >= 0.6 is 0 Å². The smallest absolute Gasteiger partial charge is 0.169 e. The second kappa shape index (κ2) is 6.55. The van der Waals surface area contributed by atoms with Crippen LogP contribution in [0.2, 0.25) is 0 Å². The number of rotatable bonds is 7. The van der Waals surface area contributed by atoms with Crippen LogP contribution in [0.4, 0.5) is 0 Å². The third-order valence-corrected chi connectivity index (χ3v) is 3.26. The fourth-order valence-electron chi connectivity index (χ4n) is 1.92. The van der Waals surface area contributed by atoms with Crippen LogP contribution in [-0.4, -0.2) is 44.3 Å². The highest BCUT2D eigenvalue weighted by molar-refractivity contribution is 4.93. The highest BCUT2D eigenvalue weighted by Gasteiger charge is 2.36. The average molecular weight is 231 g/mol. The molecule has 0 aromatic heterocycles. The molecule has 0 spiro atoms. The van der Waals surface area contributed by atoms with Gasteiger partial charge in [0.15, 0.2) is 6.29 Å². The minimum atomic E-state index is -0.153. The highest BCUT2D eigenvalue weighted by atomic mass is 16.7. The van der Waals surface area contributed by atoms with Gasteiger partial charge in [-0.25, -0.2) is 0 Å². The van der Waals surface area contributed by atoms with Crippen LogP contribution in [0, 0.1) is 0 Å². The SMILES string of the molecule is CCOC(CNC1(C)CCOC1C)OCC. The molecule has 1 aliphatic heterocycles. The van der Waals surface area contributed by atoms with Gasteiger partial charge in [0, 0.05) is 31.9 Å². The maximum atomic E-state index is 5.58. The molecule has 1 aliphatic rings. The van der Waals surface area contributed by atoms with E-state index in [4.69, 9.17) is 14.2 Å². The lowest BCUT2D eigenvalue weighted by atomic mass is 9.95. The van der Waals surface area contributed by atoms with Gasteiger partial charge in [0.1, 0.15) is 0 Å². The predicted molar refractivity (Wildman–Crippen MR) is 63.5 cm³/mol. The van der Waals surface area contributed by atoms with Crippen LogP contribution in [0.15, 0.2) is 0 Å². The highest BCUT2D eigenvalue weighted by Crippen LogP contribution is 2.24. The van der Waals surface area contributed by atoms with E-state index in [1.807, 2.05) is 13.8 Å². The van der Waals surface area contributed by atoms with E-state index in [-0.39, 0.29) is 17.9 Å². The Bertz CT molecular complexity index is 195. The van der Waals surface area contributed by atoms with Gasteiger partial charge >= 0.3 is 0 Å². The molecular formula is C12H25NO3. The Balaban J connectivity index is 2.35. The zero-order chi connectivity index (χ0) is 12.0. The quantitative estimate of drug-likeness (QED) is 0.675. The van der Waals surface area contributed by atoms with Crippen molar-refractivity contribution in [2.45, 2.75) is 52.0 Å². The maximum Gasteiger partial charge on any atom is 0.169 e. The lowest BCUT2D eigenvalue weighted by Gasteiger charge is -2.31. The molecule has 0 bridgehead atoms. The van der Waals surface area contributed by atoms with Gasteiger partial charge in [-0.15, -0.1) is 0 Å². The van der Waals surface area contributed by atoms with E-state index in [0.717, 1.165) is 13.0 Å². The zero-order valence-electron chi connectivity index (χ0n) is 10.9. The topological polar surface area (TPSA) is 39.7 Å². The number of hydrogen-bond donors (Lipinski definition) is 1. The van der Waals surface area contributed by atoms with Crippen molar-refractivity contribution in [2.24, 2.45) is 0 Å². The summed E-state index contributed by atoms with van der Waals surface area (Å²) in [6.45, 7) is 11.2. The van der Waals surface area contributed by atoms with E-state index >= 15 is 0 Å². The summed E-state index contributed by atoms with van der Waals surface area (Å²) < 4.78 is 16.6. The molecule has 1 N–H and O–H groups in total. The summed E-state index contributed by atoms with van der Waals surface area (Å²) in [5.41, 5.74) is 0.0481. The van der Waals surface area contributed by atoms with Crippen LogP contribution < -0.4 is 5.32 Å². The van der Waals surface area contributed by atoms with E-state index in [2.05, 4.69) is 19.2 Å². The van der Waals surface area contributed by atoms with Crippen molar-refractivity contribution in [3.63, 3.8) is 0 Å². The van der Waals surface area contributed by atoms with Crippen molar-refractivity contribution in [1.29, 1.82) is 0 Å². The third kappa shape index (κ3) is 3.70. The molecule has 1 heterocycles. The van der Waals surface area contributed by atoms with Crippen molar-refractivity contribution >= 4 is 0 Å². The molecular weight excluding hydrogens is 206 g/mol. The van der Waals surface area contributed by atoms with Crippen molar-refractivity contribution in [1.82, 2.24) is 5.32 Å². The summed E-state index contributed by atoms with van der Waals surface area (Å²) in [4.78, 5) is 0. The van der Waals surface area contributed by atoms with Gasteiger partial charge in [-0.2, -0.15) is 0 Å². The Morgan fingerprint density at radius 3 is 2.44 bits per heavy atom. The van der Waals surface area contributed by atoms with Crippen molar-refractivity contribution < 1.29 is 14.2 Å². The normalized spacial score (nSPS) is 30.2. The number of ether oxygens (including phenoxy) is 3. The van der Waals surface area contributed by atoms with Gasteiger partial charge in [0.05, 0.1) is 6.10 Å². The molecule has 4 heteroatoms. The largest absolute Gasteiger partial charge is 0.377 e. The fourth-order valence-corrected chi connectivity index (χ4v) is 1.92. The van der Waals surface area contributed by atoms with E-state index in [1.165, 1.54) is 0 Å². The molecule has 0 aromatic rings. The molecule has 0 radical (unpaired) electrons. The molecule has 0 aromatic carbocycles. The Morgan fingerprint density at radius 2 is 2.00 bits per heavy atom. The molecule has 0 amide bonds. The van der Waals surface area contributed by atoms with E-state index in [9.17, 15) is 0 Å². The Hall–Kier alpha value is -0.160. The van der Waals surface area contributed by atoms with Crippen LogP contribution in [0.5, 0.6) is 0 Å². The monoisotopic (exact) mass is 231 g/mol. The summed E-state index contributed by atoms with van der Waals surface area (Å²) in [7, 11) is 0. The Morgan fingerprint density at radius 1 is 1.38 bits per heavy atom. The summed E-state index contributed by atoms with van der Waals surface area (Å²) in [5.74, 6) is 0.